The molecular formula is C11H22N2O2S. The summed E-state index contributed by atoms with van der Waals surface area (Å²) >= 11 is 1.74. The number of thioether (sulfide) groups is 1. The Morgan fingerprint density at radius 2 is 2.19 bits per heavy atom. The van der Waals surface area contributed by atoms with E-state index < -0.39 is 0 Å². The van der Waals surface area contributed by atoms with Crippen molar-refractivity contribution >= 4 is 17.7 Å². The van der Waals surface area contributed by atoms with E-state index in [-0.39, 0.29) is 17.9 Å². The zero-order valence-corrected chi connectivity index (χ0v) is 10.9. The van der Waals surface area contributed by atoms with Gasteiger partial charge < -0.3 is 15.8 Å². The minimum Gasteiger partial charge on any atom is -0.381 e. The molecule has 4 nitrogen and oxygen atoms in total. The van der Waals surface area contributed by atoms with Crippen LogP contribution in [0.25, 0.3) is 0 Å². The van der Waals surface area contributed by atoms with Gasteiger partial charge in [0.2, 0.25) is 5.91 Å². The molecule has 0 aromatic heterocycles. The predicted octanol–water partition coefficient (Wildman–Crippen LogP) is 0.608. The first-order valence-electron chi connectivity index (χ1n) is 5.79. The minimum atomic E-state index is -0.377. The fourth-order valence-corrected chi connectivity index (χ4v) is 1.98. The number of hydrogen-bond donors (Lipinski definition) is 2. The molecule has 1 rings (SSSR count). The van der Waals surface area contributed by atoms with Crippen molar-refractivity contribution in [1.29, 1.82) is 0 Å². The van der Waals surface area contributed by atoms with Crippen LogP contribution >= 0.6 is 11.8 Å². The fourth-order valence-electron chi connectivity index (χ4n) is 1.73. The normalized spacial score (nSPS) is 21.4. The van der Waals surface area contributed by atoms with Gasteiger partial charge in [0.25, 0.3) is 0 Å². The zero-order valence-electron chi connectivity index (χ0n) is 10.1. The number of nitrogens with one attached hydrogen (secondary N) is 1. The van der Waals surface area contributed by atoms with Crippen molar-refractivity contribution in [2.24, 2.45) is 11.7 Å². The summed E-state index contributed by atoms with van der Waals surface area (Å²) in [5.41, 5.74) is 5.95. The summed E-state index contributed by atoms with van der Waals surface area (Å²) in [6, 6.07) is -0.377. The van der Waals surface area contributed by atoms with E-state index in [2.05, 4.69) is 12.2 Å². The molecule has 0 aromatic rings. The van der Waals surface area contributed by atoms with Gasteiger partial charge in [0.15, 0.2) is 0 Å². The van der Waals surface area contributed by atoms with Crippen molar-refractivity contribution in [1.82, 2.24) is 5.32 Å². The standard InChI is InChI=1S/C11H22N2O2S/c1-8(16-2)7-13-11(14)10(12)9-3-5-15-6-4-9/h8-10H,3-7,12H2,1-2H3,(H,13,14). The van der Waals surface area contributed by atoms with Crippen molar-refractivity contribution in [2.75, 3.05) is 26.0 Å². The molecule has 0 saturated carbocycles. The highest BCUT2D eigenvalue weighted by Crippen LogP contribution is 2.17. The molecule has 1 saturated heterocycles. The summed E-state index contributed by atoms with van der Waals surface area (Å²) in [7, 11) is 0. The molecule has 2 unspecified atom stereocenters. The van der Waals surface area contributed by atoms with Crippen LogP contribution in [-0.4, -0.2) is 43.2 Å². The molecule has 1 aliphatic heterocycles. The van der Waals surface area contributed by atoms with E-state index in [4.69, 9.17) is 10.5 Å². The van der Waals surface area contributed by atoms with Gasteiger partial charge >= 0.3 is 0 Å². The Kier molecular flexibility index (Phi) is 6.16. The van der Waals surface area contributed by atoms with E-state index in [0.29, 0.717) is 11.8 Å². The highest BCUT2D eigenvalue weighted by Gasteiger charge is 2.26. The Morgan fingerprint density at radius 1 is 1.56 bits per heavy atom. The van der Waals surface area contributed by atoms with Crippen LogP contribution in [-0.2, 0) is 9.53 Å². The van der Waals surface area contributed by atoms with Crippen molar-refractivity contribution in [2.45, 2.75) is 31.1 Å². The number of hydrogen-bond acceptors (Lipinski definition) is 4. The molecular weight excluding hydrogens is 224 g/mol. The van der Waals surface area contributed by atoms with Crippen LogP contribution in [0.4, 0.5) is 0 Å². The first-order chi connectivity index (χ1) is 7.65. The third-order valence-electron chi connectivity index (χ3n) is 3.04. The van der Waals surface area contributed by atoms with Crippen molar-refractivity contribution < 1.29 is 9.53 Å². The second-order valence-corrected chi connectivity index (χ2v) is 5.54. The highest BCUT2D eigenvalue weighted by molar-refractivity contribution is 7.99. The Morgan fingerprint density at radius 3 is 2.75 bits per heavy atom. The molecule has 1 aliphatic rings. The van der Waals surface area contributed by atoms with E-state index in [9.17, 15) is 4.79 Å². The first-order valence-corrected chi connectivity index (χ1v) is 7.07. The molecule has 1 amide bonds. The first kappa shape index (κ1) is 13.8. The maximum Gasteiger partial charge on any atom is 0.237 e. The van der Waals surface area contributed by atoms with Gasteiger partial charge in [-0.05, 0) is 25.0 Å². The number of nitrogens with two attached hydrogens (primary N) is 1. The zero-order chi connectivity index (χ0) is 12.0. The molecule has 0 bridgehead atoms. The molecule has 5 heteroatoms. The average molecular weight is 246 g/mol. The summed E-state index contributed by atoms with van der Waals surface area (Å²) in [4.78, 5) is 11.8. The second kappa shape index (κ2) is 7.14. The lowest BCUT2D eigenvalue weighted by molar-refractivity contribution is -0.124. The third-order valence-corrected chi connectivity index (χ3v) is 4.01. The summed E-state index contributed by atoms with van der Waals surface area (Å²) in [6.45, 7) is 4.24. The van der Waals surface area contributed by atoms with Crippen LogP contribution in [0.1, 0.15) is 19.8 Å². The predicted molar refractivity (Wildman–Crippen MR) is 67.5 cm³/mol. The lowest BCUT2D eigenvalue weighted by Gasteiger charge is -2.27. The molecule has 16 heavy (non-hydrogen) atoms. The molecule has 3 N–H and O–H groups in total. The van der Waals surface area contributed by atoms with E-state index in [1.54, 1.807) is 11.8 Å². The van der Waals surface area contributed by atoms with E-state index >= 15 is 0 Å². The Labute approximate surface area is 102 Å². The van der Waals surface area contributed by atoms with E-state index in [1.807, 2.05) is 6.26 Å². The van der Waals surface area contributed by atoms with Gasteiger partial charge in [-0.3, -0.25) is 4.79 Å². The Hall–Kier alpha value is -0.260. The number of rotatable bonds is 5. The number of ether oxygens (including phenoxy) is 1. The molecule has 0 radical (unpaired) electrons. The summed E-state index contributed by atoms with van der Waals surface area (Å²) in [5, 5.41) is 3.34. The van der Waals surface area contributed by atoms with Crippen LogP contribution in [0.2, 0.25) is 0 Å². The monoisotopic (exact) mass is 246 g/mol. The van der Waals surface area contributed by atoms with Gasteiger partial charge in [0.1, 0.15) is 0 Å². The average Bonchev–Trinajstić information content (AvgIpc) is 2.35. The van der Waals surface area contributed by atoms with Gasteiger partial charge in [0.05, 0.1) is 6.04 Å². The van der Waals surface area contributed by atoms with Gasteiger partial charge in [-0.1, -0.05) is 6.92 Å². The SMILES string of the molecule is CSC(C)CNC(=O)C(N)C1CCOCC1. The Bertz CT molecular complexity index is 220. The summed E-state index contributed by atoms with van der Waals surface area (Å²) < 4.78 is 5.25. The molecule has 0 aromatic carbocycles. The van der Waals surface area contributed by atoms with E-state index in [0.717, 1.165) is 26.1 Å². The third kappa shape index (κ3) is 4.31. The number of amides is 1. The smallest absolute Gasteiger partial charge is 0.237 e. The molecule has 94 valence electrons. The van der Waals surface area contributed by atoms with Crippen LogP contribution in [0, 0.1) is 5.92 Å². The van der Waals surface area contributed by atoms with Gasteiger partial charge in [-0.2, -0.15) is 11.8 Å². The molecule has 0 aliphatic carbocycles. The van der Waals surface area contributed by atoms with Crippen LogP contribution in [0.5, 0.6) is 0 Å². The van der Waals surface area contributed by atoms with Crippen molar-refractivity contribution in [3.8, 4) is 0 Å². The quantitative estimate of drug-likeness (QED) is 0.746. The number of carbonyl (C=O) groups is 1. The Balaban J connectivity index is 2.29. The van der Waals surface area contributed by atoms with Gasteiger partial charge in [-0.25, -0.2) is 0 Å². The minimum absolute atomic E-state index is 0.0206. The molecule has 1 fully saturated rings. The van der Waals surface area contributed by atoms with Crippen molar-refractivity contribution in [3.63, 3.8) is 0 Å². The number of carbonyl (C=O) groups excluding carboxylic acids is 1. The largest absolute Gasteiger partial charge is 0.381 e. The second-order valence-electron chi connectivity index (χ2n) is 4.27. The summed E-state index contributed by atoms with van der Waals surface area (Å²) in [6.07, 6.45) is 3.83. The van der Waals surface area contributed by atoms with Gasteiger partial charge in [0, 0.05) is 25.0 Å². The fraction of sp³-hybridized carbons (Fsp3) is 0.909. The highest BCUT2D eigenvalue weighted by atomic mass is 32.2. The molecule has 2 atom stereocenters. The lowest BCUT2D eigenvalue weighted by atomic mass is 9.92. The maximum absolute atomic E-state index is 11.8. The van der Waals surface area contributed by atoms with Crippen molar-refractivity contribution in [3.05, 3.63) is 0 Å². The summed E-state index contributed by atoms with van der Waals surface area (Å²) in [5.74, 6) is 0.256. The molecule has 1 heterocycles. The van der Waals surface area contributed by atoms with Crippen LogP contribution in [0.15, 0.2) is 0 Å². The van der Waals surface area contributed by atoms with E-state index in [1.165, 1.54) is 0 Å². The topological polar surface area (TPSA) is 64.4 Å². The lowest BCUT2D eigenvalue weighted by Crippen LogP contribution is -2.48. The molecule has 0 spiro atoms. The van der Waals surface area contributed by atoms with Crippen LogP contribution < -0.4 is 11.1 Å². The van der Waals surface area contributed by atoms with Gasteiger partial charge in [-0.15, -0.1) is 0 Å². The van der Waals surface area contributed by atoms with Crippen LogP contribution in [0.3, 0.4) is 0 Å². The maximum atomic E-state index is 11.8.